The van der Waals surface area contributed by atoms with Crippen LogP contribution in [0, 0.1) is 0 Å². The van der Waals surface area contributed by atoms with E-state index in [9.17, 15) is 29.1 Å². The number of carbonyl (C=O) groups is 5. The van der Waals surface area contributed by atoms with Gasteiger partial charge in [0.1, 0.15) is 18.7 Å². The van der Waals surface area contributed by atoms with Crippen molar-refractivity contribution in [1.82, 2.24) is 16.0 Å². The van der Waals surface area contributed by atoms with E-state index in [1.165, 1.54) is 0 Å². The van der Waals surface area contributed by atoms with Crippen molar-refractivity contribution in [1.29, 1.82) is 0 Å². The van der Waals surface area contributed by atoms with E-state index in [1.807, 2.05) is 30.3 Å². The van der Waals surface area contributed by atoms with Crippen LogP contribution in [0.2, 0.25) is 0 Å². The number of hydrogen-bond donors (Lipinski definition) is 6. The van der Waals surface area contributed by atoms with Gasteiger partial charge < -0.3 is 36.0 Å². The number of unbranched alkanes of at least 4 members (excludes halogenated alkanes) is 1. The molecule has 1 rings (SSSR count). The van der Waals surface area contributed by atoms with Crippen molar-refractivity contribution >= 4 is 30.0 Å². The molecule has 0 aromatic heterocycles. The van der Waals surface area contributed by atoms with Crippen LogP contribution in [0.15, 0.2) is 30.3 Å². The fourth-order valence-corrected chi connectivity index (χ4v) is 2.58. The molecule has 1 aromatic rings. The van der Waals surface area contributed by atoms with Crippen molar-refractivity contribution in [3.63, 3.8) is 0 Å². The Morgan fingerprint density at radius 2 is 1.44 bits per heavy atom. The van der Waals surface area contributed by atoms with E-state index in [1.54, 1.807) is 0 Å². The van der Waals surface area contributed by atoms with Crippen LogP contribution in [0.3, 0.4) is 0 Å². The van der Waals surface area contributed by atoms with E-state index < -0.39 is 48.5 Å². The Kier molecular flexibility index (Phi) is 11.6. The Morgan fingerprint density at radius 1 is 0.844 bits per heavy atom. The fourth-order valence-electron chi connectivity index (χ4n) is 2.58. The zero-order valence-corrected chi connectivity index (χ0v) is 17.3. The van der Waals surface area contributed by atoms with Crippen LogP contribution >= 0.6 is 0 Å². The summed E-state index contributed by atoms with van der Waals surface area (Å²) in [7, 11) is 0. The van der Waals surface area contributed by atoms with Gasteiger partial charge in [-0.05, 0) is 31.2 Å². The molecular weight excluding hydrogens is 426 g/mol. The Bertz CT molecular complexity index is 786. The molecule has 0 heterocycles. The summed E-state index contributed by atoms with van der Waals surface area (Å²) in [6, 6.07) is 5.33. The van der Waals surface area contributed by atoms with E-state index in [-0.39, 0.29) is 26.0 Å². The molecule has 0 spiro atoms. The average Bonchev–Trinajstić information content (AvgIpc) is 2.74. The van der Waals surface area contributed by atoms with Crippen LogP contribution in [0.1, 0.15) is 37.7 Å². The smallest absolute Gasteiger partial charge is 0.407 e. The Morgan fingerprint density at radius 3 is 2.00 bits per heavy atom. The predicted octanol–water partition coefficient (Wildman–Crippen LogP) is 1.15. The molecule has 0 aliphatic heterocycles. The normalized spacial score (nSPS) is 12.1. The second-order valence-corrected chi connectivity index (χ2v) is 6.82. The molecule has 12 heteroatoms. The molecule has 0 radical (unpaired) electrons. The first-order chi connectivity index (χ1) is 15.2. The summed E-state index contributed by atoms with van der Waals surface area (Å²) in [6.07, 6.45) is -0.623. The number of carboxylic acids is 3. The van der Waals surface area contributed by atoms with Crippen molar-refractivity contribution in [3.05, 3.63) is 35.9 Å². The number of benzene rings is 1. The quantitative estimate of drug-likeness (QED) is 0.224. The number of carboxylic acid groups (broad SMARTS) is 3. The molecule has 176 valence electrons. The number of hydrogen-bond acceptors (Lipinski definition) is 6. The largest absolute Gasteiger partial charge is 0.481 e. The van der Waals surface area contributed by atoms with Gasteiger partial charge in [-0.2, -0.15) is 0 Å². The molecule has 2 atom stereocenters. The van der Waals surface area contributed by atoms with Gasteiger partial charge >= 0.3 is 30.0 Å². The molecule has 0 fully saturated rings. The number of carbonyl (C=O) groups excluding carboxylic acids is 2. The van der Waals surface area contributed by atoms with Gasteiger partial charge in [-0.25, -0.2) is 19.2 Å². The van der Waals surface area contributed by atoms with Gasteiger partial charge in [0, 0.05) is 13.0 Å². The van der Waals surface area contributed by atoms with Crippen molar-refractivity contribution in [2.45, 2.75) is 50.8 Å². The number of aliphatic carboxylic acids is 3. The summed E-state index contributed by atoms with van der Waals surface area (Å²) < 4.78 is 5.04. The van der Waals surface area contributed by atoms with Crippen LogP contribution in [0.4, 0.5) is 9.59 Å². The molecular formula is C20H27N3O9. The van der Waals surface area contributed by atoms with E-state index in [4.69, 9.17) is 14.9 Å². The summed E-state index contributed by atoms with van der Waals surface area (Å²) in [5.74, 6) is -3.97. The lowest BCUT2D eigenvalue weighted by atomic mass is 10.1. The van der Waals surface area contributed by atoms with Crippen molar-refractivity contribution < 1.29 is 44.0 Å². The minimum Gasteiger partial charge on any atom is -0.481 e. The molecule has 0 aliphatic carbocycles. The highest BCUT2D eigenvalue weighted by molar-refractivity contribution is 5.86. The van der Waals surface area contributed by atoms with Crippen molar-refractivity contribution in [3.8, 4) is 0 Å². The van der Waals surface area contributed by atoms with Gasteiger partial charge in [0.05, 0.1) is 0 Å². The number of alkyl carbamates (subject to hydrolysis) is 1. The lowest BCUT2D eigenvalue weighted by Gasteiger charge is -2.18. The third kappa shape index (κ3) is 11.4. The lowest BCUT2D eigenvalue weighted by molar-refractivity contribution is -0.140. The molecule has 32 heavy (non-hydrogen) atoms. The molecule has 0 unspecified atom stereocenters. The van der Waals surface area contributed by atoms with Crippen LogP contribution in [0.5, 0.6) is 0 Å². The van der Waals surface area contributed by atoms with Crippen molar-refractivity contribution in [2.75, 3.05) is 6.54 Å². The minimum atomic E-state index is -1.47. The fraction of sp³-hybridized carbons (Fsp3) is 0.450. The summed E-state index contributed by atoms with van der Waals surface area (Å²) in [5, 5.41) is 33.6. The highest BCUT2D eigenvalue weighted by atomic mass is 16.5. The highest BCUT2D eigenvalue weighted by Crippen LogP contribution is 2.04. The van der Waals surface area contributed by atoms with Crippen LogP contribution in [0.25, 0.3) is 0 Å². The summed E-state index contributed by atoms with van der Waals surface area (Å²) in [4.78, 5) is 56.6. The number of ether oxygens (including phenoxy) is 1. The predicted molar refractivity (Wildman–Crippen MR) is 110 cm³/mol. The molecule has 1 aromatic carbocycles. The van der Waals surface area contributed by atoms with Gasteiger partial charge in [0.15, 0.2) is 0 Å². The third-order valence-electron chi connectivity index (χ3n) is 4.26. The number of rotatable bonds is 14. The summed E-state index contributed by atoms with van der Waals surface area (Å²) >= 11 is 0. The second kappa shape index (κ2) is 14.2. The third-order valence-corrected chi connectivity index (χ3v) is 4.26. The summed E-state index contributed by atoms with van der Waals surface area (Å²) in [5.41, 5.74) is 0.837. The second-order valence-electron chi connectivity index (χ2n) is 6.82. The maximum absolute atomic E-state index is 11.9. The molecule has 6 N–H and O–H groups in total. The minimum absolute atomic E-state index is 0.0381. The van der Waals surface area contributed by atoms with Crippen LogP contribution in [-0.4, -0.2) is 64.0 Å². The molecule has 0 aliphatic rings. The monoisotopic (exact) mass is 453 g/mol. The van der Waals surface area contributed by atoms with Crippen molar-refractivity contribution in [2.24, 2.45) is 0 Å². The SMILES string of the molecule is O=C(O)CC[C@H](NC(=O)N[C@@H](CCCCNC(=O)OCc1ccccc1)C(=O)O)C(=O)O. The maximum Gasteiger partial charge on any atom is 0.407 e. The van der Waals surface area contributed by atoms with Crippen LogP contribution < -0.4 is 16.0 Å². The Hall–Kier alpha value is -3.83. The Balaban J connectivity index is 2.31. The first-order valence-electron chi connectivity index (χ1n) is 9.88. The first kappa shape index (κ1) is 26.2. The maximum atomic E-state index is 11.9. The molecule has 0 bridgehead atoms. The Labute approximate surface area is 183 Å². The van der Waals surface area contributed by atoms with Gasteiger partial charge in [0.2, 0.25) is 0 Å². The summed E-state index contributed by atoms with van der Waals surface area (Å²) in [6.45, 7) is 0.360. The molecule has 0 saturated carbocycles. The van der Waals surface area contributed by atoms with E-state index in [0.717, 1.165) is 5.56 Å². The van der Waals surface area contributed by atoms with Gasteiger partial charge in [0.25, 0.3) is 0 Å². The van der Waals surface area contributed by atoms with E-state index in [0.29, 0.717) is 12.8 Å². The molecule has 0 saturated heterocycles. The molecule has 3 amide bonds. The average molecular weight is 453 g/mol. The standard InChI is InChI=1S/C20H27N3O9/c24-16(25)10-9-15(18(28)29)23-19(30)22-14(17(26)27)8-4-5-11-21-20(31)32-12-13-6-2-1-3-7-13/h1-3,6-7,14-15H,4-5,8-12H2,(H,21,31)(H,24,25)(H,26,27)(H,28,29)(H2,22,23,30)/t14-,15-/m0/s1. The zero-order chi connectivity index (χ0) is 23.9. The lowest BCUT2D eigenvalue weighted by Crippen LogP contribution is -2.51. The zero-order valence-electron chi connectivity index (χ0n) is 17.3. The number of amides is 3. The molecule has 12 nitrogen and oxygen atoms in total. The van der Waals surface area contributed by atoms with E-state index in [2.05, 4.69) is 16.0 Å². The topological polar surface area (TPSA) is 191 Å². The van der Waals surface area contributed by atoms with Gasteiger partial charge in [-0.1, -0.05) is 30.3 Å². The van der Waals surface area contributed by atoms with E-state index >= 15 is 0 Å². The van der Waals surface area contributed by atoms with Gasteiger partial charge in [-0.3, -0.25) is 4.79 Å². The number of nitrogens with one attached hydrogen (secondary N) is 3. The first-order valence-corrected chi connectivity index (χ1v) is 9.88. The van der Waals surface area contributed by atoms with Crippen LogP contribution in [-0.2, 0) is 25.7 Å². The number of urea groups is 1. The van der Waals surface area contributed by atoms with Gasteiger partial charge in [-0.15, -0.1) is 0 Å². The highest BCUT2D eigenvalue weighted by Gasteiger charge is 2.24.